The number of thiazole rings is 1. The molecular formula is C15H24N2O3S. The average molecular weight is 312 g/mol. The number of likely N-dealkylation sites (N-methyl/N-ethyl adjacent to an activating group) is 1. The number of hydrogen-bond acceptors (Lipinski definition) is 5. The third-order valence-corrected chi connectivity index (χ3v) is 4.84. The van der Waals surface area contributed by atoms with Crippen LogP contribution in [0, 0.1) is 5.41 Å². The fourth-order valence-electron chi connectivity index (χ4n) is 2.61. The third kappa shape index (κ3) is 3.62. The molecule has 1 aliphatic heterocycles. The smallest absolute Gasteiger partial charge is 0.273 e. The second-order valence-corrected chi connectivity index (χ2v) is 7.44. The molecule has 21 heavy (non-hydrogen) atoms. The van der Waals surface area contributed by atoms with Gasteiger partial charge in [0.25, 0.3) is 5.91 Å². The average Bonchev–Trinajstić information content (AvgIpc) is 3.07. The summed E-state index contributed by atoms with van der Waals surface area (Å²) < 4.78 is 5.60. The summed E-state index contributed by atoms with van der Waals surface area (Å²) in [5.41, 5.74) is 0.253. The van der Waals surface area contributed by atoms with Gasteiger partial charge in [0.05, 0.1) is 12.6 Å². The van der Waals surface area contributed by atoms with Crippen molar-refractivity contribution in [2.75, 3.05) is 20.3 Å². The maximum atomic E-state index is 12.5. The number of ether oxygens (including phenoxy) is 1. The highest BCUT2D eigenvalue weighted by molar-refractivity contribution is 7.09. The van der Waals surface area contributed by atoms with Crippen LogP contribution in [0.4, 0.5) is 0 Å². The molecule has 0 unspecified atom stereocenters. The van der Waals surface area contributed by atoms with E-state index in [9.17, 15) is 9.90 Å². The highest BCUT2D eigenvalue weighted by Crippen LogP contribution is 2.31. The minimum absolute atomic E-state index is 0.0399. The summed E-state index contributed by atoms with van der Waals surface area (Å²) in [6, 6.07) is -0.238. The van der Waals surface area contributed by atoms with Crippen molar-refractivity contribution in [3.8, 4) is 0 Å². The van der Waals surface area contributed by atoms with Gasteiger partial charge in [-0.2, -0.15) is 0 Å². The summed E-state index contributed by atoms with van der Waals surface area (Å²) in [6.07, 6.45) is 2.06. The van der Waals surface area contributed by atoms with Crippen LogP contribution < -0.4 is 0 Å². The molecule has 2 rings (SSSR count). The van der Waals surface area contributed by atoms with Gasteiger partial charge < -0.3 is 14.7 Å². The quantitative estimate of drug-likeness (QED) is 0.928. The van der Waals surface area contributed by atoms with Gasteiger partial charge in [0.1, 0.15) is 16.8 Å². The second kappa shape index (κ2) is 6.42. The standard InChI is InChI=1S/C15H24N2O3S/c1-15(2,3)12(8-18)17(4)14(19)10-9-21-13(16-10)11-6-5-7-20-11/h9,11-12,18H,5-8H2,1-4H3/t11-,12+/m1/s1. The first-order valence-corrected chi connectivity index (χ1v) is 8.17. The van der Waals surface area contributed by atoms with Crippen molar-refractivity contribution in [1.29, 1.82) is 0 Å². The van der Waals surface area contributed by atoms with Gasteiger partial charge >= 0.3 is 0 Å². The Morgan fingerprint density at radius 1 is 1.62 bits per heavy atom. The van der Waals surface area contributed by atoms with Crippen LogP contribution in [0.5, 0.6) is 0 Å². The molecule has 0 saturated carbocycles. The summed E-state index contributed by atoms with van der Waals surface area (Å²) in [5.74, 6) is -0.149. The normalized spacial score (nSPS) is 20.5. The van der Waals surface area contributed by atoms with Crippen LogP contribution in [0.25, 0.3) is 0 Å². The number of carbonyl (C=O) groups excluding carboxylic acids is 1. The van der Waals surface area contributed by atoms with Crippen LogP contribution >= 0.6 is 11.3 Å². The maximum absolute atomic E-state index is 12.5. The first-order valence-electron chi connectivity index (χ1n) is 7.29. The van der Waals surface area contributed by atoms with Crippen LogP contribution in [0.1, 0.15) is 55.2 Å². The number of aliphatic hydroxyl groups is 1. The fraction of sp³-hybridized carbons (Fsp3) is 0.733. The predicted molar refractivity (Wildman–Crippen MR) is 82.5 cm³/mol. The van der Waals surface area contributed by atoms with E-state index in [1.165, 1.54) is 11.3 Å². The summed E-state index contributed by atoms with van der Waals surface area (Å²) in [5, 5.41) is 12.2. The maximum Gasteiger partial charge on any atom is 0.273 e. The minimum Gasteiger partial charge on any atom is -0.394 e. The van der Waals surface area contributed by atoms with Crippen LogP contribution in [-0.4, -0.2) is 47.2 Å². The van der Waals surface area contributed by atoms with Crippen LogP contribution in [0.2, 0.25) is 0 Å². The summed E-state index contributed by atoms with van der Waals surface area (Å²) in [6.45, 7) is 6.74. The lowest BCUT2D eigenvalue weighted by Crippen LogP contribution is -2.47. The molecule has 118 valence electrons. The molecule has 1 N–H and O–H groups in total. The number of aromatic nitrogens is 1. The lowest BCUT2D eigenvalue weighted by molar-refractivity contribution is 0.0428. The molecule has 0 spiro atoms. The molecule has 0 aliphatic carbocycles. The molecule has 6 heteroatoms. The number of nitrogens with zero attached hydrogens (tertiary/aromatic N) is 2. The molecule has 1 fully saturated rings. The van der Waals surface area contributed by atoms with Crippen molar-refractivity contribution >= 4 is 17.2 Å². The molecule has 0 aromatic carbocycles. The largest absolute Gasteiger partial charge is 0.394 e. The molecule has 1 amide bonds. The van der Waals surface area contributed by atoms with E-state index in [0.29, 0.717) is 5.69 Å². The topological polar surface area (TPSA) is 62.7 Å². The lowest BCUT2D eigenvalue weighted by atomic mass is 9.86. The van der Waals surface area contributed by atoms with Crippen molar-refractivity contribution in [3.05, 3.63) is 16.1 Å². The summed E-state index contributed by atoms with van der Waals surface area (Å²) >= 11 is 1.47. The Morgan fingerprint density at radius 2 is 2.33 bits per heavy atom. The van der Waals surface area contributed by atoms with Gasteiger partial charge in [0, 0.05) is 19.0 Å². The van der Waals surface area contributed by atoms with Gasteiger partial charge in [-0.05, 0) is 18.3 Å². The Morgan fingerprint density at radius 3 is 2.86 bits per heavy atom. The molecule has 0 radical (unpaired) electrons. The van der Waals surface area contributed by atoms with E-state index in [4.69, 9.17) is 4.74 Å². The number of carbonyl (C=O) groups is 1. The van der Waals surface area contributed by atoms with Crippen molar-refractivity contribution < 1.29 is 14.6 Å². The summed E-state index contributed by atoms with van der Waals surface area (Å²) in [4.78, 5) is 18.6. The molecule has 1 aromatic heterocycles. The summed E-state index contributed by atoms with van der Waals surface area (Å²) in [7, 11) is 1.72. The first kappa shape index (κ1) is 16.4. The SMILES string of the molecule is CN(C(=O)c1csc([C@H]2CCCO2)n1)[C@@H](CO)C(C)(C)C. The van der Waals surface area contributed by atoms with Gasteiger partial charge in [-0.25, -0.2) is 4.98 Å². The van der Waals surface area contributed by atoms with E-state index in [1.807, 2.05) is 20.8 Å². The van der Waals surface area contributed by atoms with Gasteiger partial charge in [-0.15, -0.1) is 11.3 Å². The van der Waals surface area contributed by atoms with Gasteiger partial charge in [0.15, 0.2) is 0 Å². The first-order chi connectivity index (χ1) is 9.84. The Hall–Kier alpha value is -0.980. The number of hydrogen-bond donors (Lipinski definition) is 1. The molecule has 1 aromatic rings. The minimum atomic E-state index is -0.238. The molecule has 1 saturated heterocycles. The molecule has 0 bridgehead atoms. The highest BCUT2D eigenvalue weighted by Gasteiger charge is 2.32. The van der Waals surface area contributed by atoms with E-state index in [2.05, 4.69) is 4.98 Å². The number of amides is 1. The predicted octanol–water partition coefficient (Wildman–Crippen LogP) is 2.47. The Kier molecular flexibility index (Phi) is 5.01. The fourth-order valence-corrected chi connectivity index (χ4v) is 3.48. The highest BCUT2D eigenvalue weighted by atomic mass is 32.1. The van der Waals surface area contributed by atoms with E-state index >= 15 is 0 Å². The second-order valence-electron chi connectivity index (χ2n) is 6.55. The molecule has 2 atom stereocenters. The zero-order valence-electron chi connectivity index (χ0n) is 13.1. The Balaban J connectivity index is 2.12. The van der Waals surface area contributed by atoms with Crippen LogP contribution in [-0.2, 0) is 4.74 Å². The van der Waals surface area contributed by atoms with Crippen molar-refractivity contribution in [2.24, 2.45) is 5.41 Å². The Labute approximate surface area is 129 Å². The van der Waals surface area contributed by atoms with Gasteiger partial charge in [0.2, 0.25) is 0 Å². The zero-order chi connectivity index (χ0) is 15.6. The van der Waals surface area contributed by atoms with E-state index in [0.717, 1.165) is 24.5 Å². The monoisotopic (exact) mass is 312 g/mol. The van der Waals surface area contributed by atoms with Crippen LogP contribution in [0.3, 0.4) is 0 Å². The zero-order valence-corrected chi connectivity index (χ0v) is 13.9. The molecule has 5 nitrogen and oxygen atoms in total. The number of rotatable bonds is 4. The van der Waals surface area contributed by atoms with Crippen LogP contribution in [0.15, 0.2) is 5.38 Å². The van der Waals surface area contributed by atoms with E-state index < -0.39 is 0 Å². The van der Waals surface area contributed by atoms with Gasteiger partial charge in [-0.1, -0.05) is 20.8 Å². The third-order valence-electron chi connectivity index (χ3n) is 3.91. The molecular weight excluding hydrogens is 288 g/mol. The van der Waals surface area contributed by atoms with E-state index in [1.54, 1.807) is 17.3 Å². The van der Waals surface area contributed by atoms with Gasteiger partial charge in [-0.3, -0.25) is 4.79 Å². The van der Waals surface area contributed by atoms with Crippen molar-refractivity contribution in [2.45, 2.75) is 45.8 Å². The molecule has 2 heterocycles. The number of aliphatic hydroxyl groups excluding tert-OH is 1. The molecule has 1 aliphatic rings. The lowest BCUT2D eigenvalue weighted by Gasteiger charge is -2.36. The Bertz CT molecular complexity index is 489. The van der Waals surface area contributed by atoms with Crippen molar-refractivity contribution in [3.63, 3.8) is 0 Å². The van der Waals surface area contributed by atoms with E-state index in [-0.39, 0.29) is 30.1 Å². The van der Waals surface area contributed by atoms with Crippen molar-refractivity contribution in [1.82, 2.24) is 9.88 Å².